The van der Waals surface area contributed by atoms with Gasteiger partial charge in [0.05, 0.1) is 10.6 Å². The molecule has 7 heteroatoms. The van der Waals surface area contributed by atoms with Crippen molar-refractivity contribution in [1.82, 2.24) is 0 Å². The molecule has 0 aliphatic heterocycles. The average Bonchev–Trinajstić information content (AvgIpc) is 2.63. The summed E-state index contributed by atoms with van der Waals surface area (Å²) in [5, 5.41) is 2.72. The van der Waals surface area contributed by atoms with Crippen LogP contribution in [0.15, 0.2) is 77.7 Å². The summed E-state index contributed by atoms with van der Waals surface area (Å²) in [4.78, 5) is 12.3. The molecule has 27 heavy (non-hydrogen) atoms. The second kappa shape index (κ2) is 7.59. The highest BCUT2D eigenvalue weighted by molar-refractivity contribution is 7.92. The van der Waals surface area contributed by atoms with Crippen LogP contribution in [0.4, 0.5) is 15.8 Å². The van der Waals surface area contributed by atoms with Gasteiger partial charge in [-0.05, 0) is 55.5 Å². The Hall–Kier alpha value is -3.19. The molecule has 0 saturated carbocycles. The zero-order valence-corrected chi connectivity index (χ0v) is 15.3. The maximum atomic E-state index is 13.3. The van der Waals surface area contributed by atoms with Gasteiger partial charge >= 0.3 is 0 Å². The van der Waals surface area contributed by atoms with Gasteiger partial charge in [-0.15, -0.1) is 0 Å². The predicted molar refractivity (Wildman–Crippen MR) is 103 cm³/mol. The van der Waals surface area contributed by atoms with Gasteiger partial charge in [0.1, 0.15) is 5.82 Å². The predicted octanol–water partition coefficient (Wildman–Crippen LogP) is 4.19. The Morgan fingerprint density at radius 3 is 2.30 bits per heavy atom. The number of aryl methyl sites for hydroxylation is 1. The van der Waals surface area contributed by atoms with Crippen molar-refractivity contribution in [2.45, 2.75) is 11.8 Å². The Balaban J connectivity index is 1.81. The molecule has 0 spiro atoms. The maximum absolute atomic E-state index is 13.3. The summed E-state index contributed by atoms with van der Waals surface area (Å²) in [6.45, 7) is 1.94. The molecule has 138 valence electrons. The number of benzene rings is 3. The third kappa shape index (κ3) is 4.71. The molecule has 0 bridgehead atoms. The molecule has 0 aromatic heterocycles. The van der Waals surface area contributed by atoms with E-state index in [1.807, 2.05) is 19.1 Å². The fraction of sp³-hybridized carbons (Fsp3) is 0.0500. The molecule has 0 aliphatic rings. The van der Waals surface area contributed by atoms with Crippen LogP contribution in [0, 0.1) is 12.7 Å². The van der Waals surface area contributed by atoms with Crippen LogP contribution in [-0.4, -0.2) is 14.3 Å². The number of halogens is 1. The first kappa shape index (κ1) is 18.6. The summed E-state index contributed by atoms with van der Waals surface area (Å²) < 4.78 is 40.6. The molecule has 3 aromatic carbocycles. The molecule has 2 N–H and O–H groups in total. The van der Waals surface area contributed by atoms with Crippen molar-refractivity contribution in [3.05, 3.63) is 89.7 Å². The Kier molecular flexibility index (Phi) is 5.23. The van der Waals surface area contributed by atoms with E-state index in [1.54, 1.807) is 12.1 Å². The van der Waals surface area contributed by atoms with Crippen LogP contribution in [0.5, 0.6) is 0 Å². The molecule has 0 aliphatic carbocycles. The van der Waals surface area contributed by atoms with Crippen LogP contribution in [0.2, 0.25) is 0 Å². The third-order valence-electron chi connectivity index (χ3n) is 3.79. The van der Waals surface area contributed by atoms with Crippen molar-refractivity contribution in [3.63, 3.8) is 0 Å². The third-order valence-corrected chi connectivity index (χ3v) is 5.17. The van der Waals surface area contributed by atoms with Crippen molar-refractivity contribution in [2.75, 3.05) is 10.0 Å². The Morgan fingerprint density at radius 2 is 1.59 bits per heavy atom. The number of carbonyl (C=O) groups excluding carboxylic acids is 1. The number of hydrogen-bond acceptors (Lipinski definition) is 3. The van der Waals surface area contributed by atoms with E-state index in [9.17, 15) is 17.6 Å². The van der Waals surface area contributed by atoms with Crippen LogP contribution in [-0.2, 0) is 10.0 Å². The summed E-state index contributed by atoms with van der Waals surface area (Å²) in [5.41, 5.74) is 1.96. The summed E-state index contributed by atoms with van der Waals surface area (Å²) in [6, 6.07) is 18.0. The minimum absolute atomic E-state index is 0.0942. The van der Waals surface area contributed by atoms with E-state index >= 15 is 0 Å². The van der Waals surface area contributed by atoms with Crippen molar-refractivity contribution >= 4 is 27.3 Å². The van der Waals surface area contributed by atoms with Crippen molar-refractivity contribution < 1.29 is 17.6 Å². The molecule has 0 fully saturated rings. The Labute approximate surface area is 156 Å². The summed E-state index contributed by atoms with van der Waals surface area (Å²) in [7, 11) is -3.96. The van der Waals surface area contributed by atoms with Gasteiger partial charge in [0.2, 0.25) is 0 Å². The summed E-state index contributed by atoms with van der Waals surface area (Å²) >= 11 is 0. The molecular formula is C20H17FN2O3S. The minimum Gasteiger partial charge on any atom is -0.322 e. The molecule has 0 unspecified atom stereocenters. The van der Waals surface area contributed by atoms with E-state index in [1.165, 1.54) is 42.5 Å². The van der Waals surface area contributed by atoms with E-state index in [-0.39, 0.29) is 16.1 Å². The van der Waals surface area contributed by atoms with Gasteiger partial charge in [-0.3, -0.25) is 9.52 Å². The number of carbonyl (C=O) groups is 1. The first-order valence-corrected chi connectivity index (χ1v) is 9.58. The highest BCUT2D eigenvalue weighted by Crippen LogP contribution is 2.19. The number of anilines is 2. The van der Waals surface area contributed by atoms with Gasteiger partial charge in [-0.1, -0.05) is 29.8 Å². The van der Waals surface area contributed by atoms with E-state index in [2.05, 4.69) is 10.0 Å². The Bertz CT molecular complexity index is 1080. The number of amides is 1. The van der Waals surface area contributed by atoms with E-state index in [4.69, 9.17) is 0 Å². The topological polar surface area (TPSA) is 75.3 Å². The molecule has 3 aromatic rings. The number of sulfonamides is 1. The van der Waals surface area contributed by atoms with Crippen LogP contribution in [0.3, 0.4) is 0 Å². The van der Waals surface area contributed by atoms with Crippen molar-refractivity contribution in [1.29, 1.82) is 0 Å². The molecular weight excluding hydrogens is 367 g/mol. The van der Waals surface area contributed by atoms with Crippen LogP contribution in [0.1, 0.15) is 15.9 Å². The molecule has 0 atom stereocenters. The quantitative estimate of drug-likeness (QED) is 0.693. The first-order valence-electron chi connectivity index (χ1n) is 8.10. The van der Waals surface area contributed by atoms with Crippen molar-refractivity contribution in [3.8, 4) is 0 Å². The standard InChI is InChI=1S/C20H17FN2O3S/c1-14-8-10-17(11-9-14)22-20(24)15-4-2-7-19(12-15)27(25,26)23-18-6-3-5-16(21)13-18/h2-13,23H,1H3,(H,22,24). The molecule has 1 amide bonds. The fourth-order valence-electron chi connectivity index (χ4n) is 2.41. The monoisotopic (exact) mass is 384 g/mol. The summed E-state index contributed by atoms with van der Waals surface area (Å²) in [5.74, 6) is -0.983. The van der Waals surface area contributed by atoms with Gasteiger partial charge in [-0.25, -0.2) is 12.8 Å². The maximum Gasteiger partial charge on any atom is 0.261 e. The number of hydrogen-bond donors (Lipinski definition) is 2. The Morgan fingerprint density at radius 1 is 0.889 bits per heavy atom. The van der Waals surface area contributed by atoms with E-state index in [0.717, 1.165) is 11.6 Å². The zero-order chi connectivity index (χ0) is 19.4. The van der Waals surface area contributed by atoms with E-state index in [0.29, 0.717) is 5.69 Å². The SMILES string of the molecule is Cc1ccc(NC(=O)c2cccc(S(=O)(=O)Nc3cccc(F)c3)c2)cc1. The molecule has 0 saturated heterocycles. The van der Waals surface area contributed by atoms with Gasteiger partial charge < -0.3 is 5.32 Å². The van der Waals surface area contributed by atoms with Crippen molar-refractivity contribution in [2.24, 2.45) is 0 Å². The second-order valence-electron chi connectivity index (χ2n) is 5.96. The lowest BCUT2D eigenvalue weighted by Gasteiger charge is -2.10. The lowest BCUT2D eigenvalue weighted by Crippen LogP contribution is -2.16. The minimum atomic E-state index is -3.96. The van der Waals surface area contributed by atoms with E-state index < -0.39 is 21.7 Å². The van der Waals surface area contributed by atoms with Crippen LogP contribution in [0.25, 0.3) is 0 Å². The average molecular weight is 384 g/mol. The normalized spacial score (nSPS) is 11.0. The molecule has 5 nitrogen and oxygen atoms in total. The smallest absolute Gasteiger partial charge is 0.261 e. The molecule has 0 heterocycles. The fourth-order valence-corrected chi connectivity index (χ4v) is 3.51. The zero-order valence-electron chi connectivity index (χ0n) is 14.4. The van der Waals surface area contributed by atoms with Gasteiger partial charge in [0, 0.05) is 11.3 Å². The van der Waals surface area contributed by atoms with Gasteiger partial charge in [0.15, 0.2) is 0 Å². The number of nitrogens with one attached hydrogen (secondary N) is 2. The van der Waals surface area contributed by atoms with Crippen LogP contribution < -0.4 is 10.0 Å². The lowest BCUT2D eigenvalue weighted by molar-refractivity contribution is 0.102. The second-order valence-corrected chi connectivity index (χ2v) is 7.65. The lowest BCUT2D eigenvalue weighted by atomic mass is 10.2. The van der Waals surface area contributed by atoms with Gasteiger partial charge in [0.25, 0.3) is 15.9 Å². The van der Waals surface area contributed by atoms with Gasteiger partial charge in [-0.2, -0.15) is 0 Å². The molecule has 3 rings (SSSR count). The highest BCUT2D eigenvalue weighted by atomic mass is 32.2. The highest BCUT2D eigenvalue weighted by Gasteiger charge is 2.17. The number of rotatable bonds is 5. The first-order chi connectivity index (χ1) is 12.8. The summed E-state index contributed by atoms with van der Waals surface area (Å²) in [6.07, 6.45) is 0. The van der Waals surface area contributed by atoms with Crippen LogP contribution >= 0.6 is 0 Å². The largest absolute Gasteiger partial charge is 0.322 e. The molecule has 0 radical (unpaired) electrons.